The first-order chi connectivity index (χ1) is 6.17. The Hall–Kier alpha value is -0.0110. The van der Waals surface area contributed by atoms with E-state index in [9.17, 15) is 0 Å². The Kier molecular flexibility index (Phi) is 4.27. The fraction of sp³-hybridized carbons (Fsp3) is 0.444. The molecule has 0 aliphatic heterocycles. The summed E-state index contributed by atoms with van der Waals surface area (Å²) in [7, 11) is 4.16. The Labute approximate surface area is 92.4 Å². The van der Waals surface area contributed by atoms with Crippen LogP contribution in [-0.2, 0) is 0 Å². The molecule has 0 N–H and O–H groups in total. The van der Waals surface area contributed by atoms with Crippen molar-refractivity contribution in [2.45, 2.75) is 11.6 Å². The summed E-state index contributed by atoms with van der Waals surface area (Å²) < 4.78 is 2.52. The van der Waals surface area contributed by atoms with Crippen LogP contribution in [0.15, 0.2) is 12.1 Å². The molecule has 0 amide bonds. The quantitative estimate of drug-likeness (QED) is 0.725. The summed E-state index contributed by atoms with van der Waals surface area (Å²) in [5, 5.41) is 0. The summed E-state index contributed by atoms with van der Waals surface area (Å²) in [5.74, 6) is 4.42. The van der Waals surface area contributed by atoms with Crippen LogP contribution in [0.1, 0.15) is 0 Å². The van der Waals surface area contributed by atoms with Crippen molar-refractivity contribution in [3.05, 3.63) is 12.1 Å². The van der Waals surface area contributed by atoms with E-state index in [1.54, 1.807) is 0 Å². The topological polar surface area (TPSA) is 16.1 Å². The molecule has 2 nitrogen and oxygen atoms in total. The molecule has 0 aliphatic carbocycles. The van der Waals surface area contributed by atoms with E-state index < -0.39 is 0 Å². The van der Waals surface area contributed by atoms with Gasteiger partial charge in [0.05, 0.1) is 0 Å². The predicted molar refractivity (Wildman–Crippen MR) is 61.1 cm³/mol. The molecule has 0 spiro atoms. The van der Waals surface area contributed by atoms with E-state index in [2.05, 4.69) is 47.8 Å². The monoisotopic (exact) mass is 310 g/mol. The molecule has 1 aromatic heterocycles. The summed E-state index contributed by atoms with van der Waals surface area (Å²) in [6.45, 7) is 0. The van der Waals surface area contributed by atoms with E-state index >= 15 is 0 Å². The van der Waals surface area contributed by atoms with E-state index in [0.717, 1.165) is 0 Å². The Morgan fingerprint density at radius 2 is 1.54 bits per heavy atom. The molecule has 0 aromatic carbocycles. The van der Waals surface area contributed by atoms with Crippen molar-refractivity contribution in [1.82, 2.24) is 4.98 Å². The summed E-state index contributed by atoms with van der Waals surface area (Å²) in [4.78, 5) is 6.73. The van der Waals surface area contributed by atoms with Gasteiger partial charge in [-0.2, -0.15) is 0 Å². The molecule has 0 saturated carbocycles. The number of hydrogen-bond donors (Lipinski definition) is 0. The molecule has 1 heterocycles. The van der Waals surface area contributed by atoms with Gasteiger partial charge in [-0.25, -0.2) is 0 Å². The van der Waals surface area contributed by atoms with Crippen molar-refractivity contribution in [1.29, 1.82) is 0 Å². The van der Waals surface area contributed by atoms with E-state index in [1.165, 1.54) is 14.9 Å². The molecule has 0 saturated heterocycles. The second kappa shape index (κ2) is 5.02. The first kappa shape index (κ1) is 11.1. The van der Waals surface area contributed by atoms with Gasteiger partial charge in [0.2, 0.25) is 0 Å². The van der Waals surface area contributed by atoms with Gasteiger partial charge >= 0.3 is 92.5 Å². The zero-order valence-electron chi connectivity index (χ0n) is 8.37. The van der Waals surface area contributed by atoms with E-state index in [-0.39, 0.29) is 0 Å². The van der Waals surface area contributed by atoms with Crippen molar-refractivity contribution in [3.8, 4) is 0 Å². The third-order valence-electron chi connectivity index (χ3n) is 1.70. The van der Waals surface area contributed by atoms with Crippen LogP contribution in [0.2, 0.25) is 11.6 Å². The first-order valence-corrected chi connectivity index (χ1v) is 9.08. The van der Waals surface area contributed by atoms with Crippen molar-refractivity contribution >= 4 is 44.8 Å². The van der Waals surface area contributed by atoms with Crippen molar-refractivity contribution in [3.63, 3.8) is 0 Å². The molecule has 0 bridgehead atoms. The third kappa shape index (κ3) is 2.99. The maximum absolute atomic E-state index is 4.58. The number of hydrogen-bond acceptors (Lipinski definition) is 2. The number of rotatable bonds is 3. The molecule has 1 rings (SSSR count). The minimum atomic E-state index is 0.506. The summed E-state index contributed by atoms with van der Waals surface area (Å²) in [6.07, 6.45) is 0. The van der Waals surface area contributed by atoms with E-state index in [1.807, 2.05) is 0 Å². The Balaban J connectivity index is 3.07. The second-order valence-corrected chi connectivity index (χ2v) is 6.27. The van der Waals surface area contributed by atoms with Crippen LogP contribution >= 0.6 is 0 Å². The zero-order chi connectivity index (χ0) is 9.84. The van der Waals surface area contributed by atoms with Crippen LogP contribution in [-0.4, -0.2) is 49.0 Å². The van der Waals surface area contributed by atoms with Crippen LogP contribution in [0.3, 0.4) is 0 Å². The number of pyridine rings is 1. The Morgan fingerprint density at radius 3 is 1.85 bits per heavy atom. The van der Waals surface area contributed by atoms with Gasteiger partial charge in [-0.1, -0.05) is 0 Å². The Morgan fingerprint density at radius 1 is 1.08 bits per heavy atom. The molecule has 0 atom stereocenters. The molecule has 0 radical (unpaired) electrons. The van der Waals surface area contributed by atoms with Gasteiger partial charge in [0.1, 0.15) is 0 Å². The molecule has 72 valence electrons. The van der Waals surface area contributed by atoms with Crippen LogP contribution in [0, 0.1) is 0 Å². The molecular formula is C9H14N2Se2. The Bertz CT molecular complexity index is 265. The van der Waals surface area contributed by atoms with Gasteiger partial charge in [-0.15, -0.1) is 0 Å². The fourth-order valence-electron chi connectivity index (χ4n) is 0.935. The van der Waals surface area contributed by atoms with Crippen LogP contribution in [0.5, 0.6) is 0 Å². The van der Waals surface area contributed by atoms with Crippen LogP contribution < -0.4 is 14.1 Å². The van der Waals surface area contributed by atoms with Crippen molar-refractivity contribution < 1.29 is 0 Å². The van der Waals surface area contributed by atoms with Crippen LogP contribution in [0.4, 0.5) is 5.69 Å². The van der Waals surface area contributed by atoms with Crippen LogP contribution in [0.25, 0.3) is 0 Å². The van der Waals surface area contributed by atoms with Gasteiger partial charge in [0, 0.05) is 0 Å². The minimum absolute atomic E-state index is 0.506. The van der Waals surface area contributed by atoms with Gasteiger partial charge in [-0.05, 0) is 0 Å². The summed E-state index contributed by atoms with van der Waals surface area (Å²) >= 11 is 1.01. The molecule has 4 heteroatoms. The number of anilines is 1. The van der Waals surface area contributed by atoms with E-state index in [4.69, 9.17) is 0 Å². The standard InChI is InChI=1S/C9H14N2Se2/c1-11(2)7-5-8(12-3)10-9(6-7)13-4/h5-6H,1-4H3. The average molecular weight is 308 g/mol. The van der Waals surface area contributed by atoms with Gasteiger partial charge in [-0.3, -0.25) is 0 Å². The third-order valence-corrected chi connectivity index (χ3v) is 4.33. The molecule has 0 fully saturated rings. The normalized spacial score (nSPS) is 10.2. The average Bonchev–Trinajstić information content (AvgIpc) is 2.16. The molecule has 0 aliphatic rings. The zero-order valence-corrected chi connectivity index (χ0v) is 11.8. The van der Waals surface area contributed by atoms with Gasteiger partial charge in [0.15, 0.2) is 0 Å². The van der Waals surface area contributed by atoms with Crippen molar-refractivity contribution in [2.24, 2.45) is 0 Å². The molecule has 0 unspecified atom stereocenters. The molecular weight excluding hydrogens is 294 g/mol. The van der Waals surface area contributed by atoms with E-state index in [0.29, 0.717) is 29.9 Å². The molecule has 13 heavy (non-hydrogen) atoms. The number of nitrogens with zero attached hydrogens (tertiary/aromatic N) is 2. The maximum atomic E-state index is 4.58. The summed E-state index contributed by atoms with van der Waals surface area (Å²) in [5.41, 5.74) is 1.28. The second-order valence-electron chi connectivity index (χ2n) is 2.80. The first-order valence-electron chi connectivity index (χ1n) is 3.94. The number of aromatic nitrogens is 1. The fourth-order valence-corrected chi connectivity index (χ4v) is 3.03. The summed E-state index contributed by atoms with van der Waals surface area (Å²) in [6, 6.07) is 4.38. The molecule has 1 aromatic rings. The SMILES string of the molecule is C[Se]c1cc(N(C)C)cc([Se]C)n1. The van der Waals surface area contributed by atoms with Gasteiger partial charge < -0.3 is 0 Å². The van der Waals surface area contributed by atoms with Gasteiger partial charge in [0.25, 0.3) is 0 Å². The predicted octanol–water partition coefficient (Wildman–Crippen LogP) is -0.0972. The van der Waals surface area contributed by atoms with Crippen molar-refractivity contribution in [2.75, 3.05) is 19.0 Å².